The standard InChI is InChI=1S/C26H23ClN2O/c1-16-5-11-24-22(13-16)20-3-2-4-21(20)26(29-24)18-7-9-19(10-8-18)28-15-17-6-12-25(30)23(27)14-17/h2-3,5-15,20-21,26,29-30H,4H2,1H3/t20-,21-,26-/m1/s1. The summed E-state index contributed by atoms with van der Waals surface area (Å²) in [5, 5.41) is 13.6. The predicted molar refractivity (Wildman–Crippen MR) is 124 cm³/mol. The average molecular weight is 415 g/mol. The van der Waals surface area contributed by atoms with Crippen molar-refractivity contribution in [1.82, 2.24) is 0 Å². The normalized spacial score (nSPS) is 22.0. The van der Waals surface area contributed by atoms with Gasteiger partial charge in [-0.15, -0.1) is 0 Å². The monoisotopic (exact) mass is 414 g/mol. The van der Waals surface area contributed by atoms with E-state index in [0.29, 0.717) is 16.9 Å². The number of rotatable bonds is 3. The lowest BCUT2D eigenvalue weighted by molar-refractivity contribution is 0.425. The van der Waals surface area contributed by atoms with Gasteiger partial charge in [0.15, 0.2) is 0 Å². The number of benzene rings is 3. The third-order valence-corrected chi connectivity index (χ3v) is 6.41. The van der Waals surface area contributed by atoms with E-state index in [1.807, 2.05) is 0 Å². The molecule has 3 aromatic rings. The number of nitrogens with one attached hydrogen (secondary N) is 1. The van der Waals surface area contributed by atoms with E-state index in [1.54, 1.807) is 24.4 Å². The van der Waals surface area contributed by atoms with Crippen molar-refractivity contribution in [2.75, 3.05) is 5.32 Å². The molecular formula is C26H23ClN2O. The molecule has 2 aliphatic rings. The second-order valence-corrected chi connectivity index (χ2v) is 8.53. The van der Waals surface area contributed by atoms with E-state index in [2.05, 4.69) is 71.8 Å². The van der Waals surface area contributed by atoms with Gasteiger partial charge in [0, 0.05) is 17.8 Å². The molecule has 0 spiro atoms. The van der Waals surface area contributed by atoms with Crippen molar-refractivity contribution >= 4 is 29.2 Å². The summed E-state index contributed by atoms with van der Waals surface area (Å²) in [6.07, 6.45) is 7.55. The van der Waals surface area contributed by atoms with E-state index in [9.17, 15) is 5.11 Å². The highest BCUT2D eigenvalue weighted by atomic mass is 35.5. The molecule has 0 saturated heterocycles. The Kier molecular flexibility index (Phi) is 4.84. The highest BCUT2D eigenvalue weighted by Crippen LogP contribution is 2.50. The van der Waals surface area contributed by atoms with Crippen LogP contribution in [0, 0.1) is 12.8 Å². The van der Waals surface area contributed by atoms with Gasteiger partial charge in [0.25, 0.3) is 0 Å². The molecule has 0 saturated carbocycles. The Balaban J connectivity index is 1.38. The second-order valence-electron chi connectivity index (χ2n) is 8.13. The molecule has 1 heterocycles. The number of aliphatic imine (C=N–C) groups is 1. The average Bonchev–Trinajstić information content (AvgIpc) is 3.25. The summed E-state index contributed by atoms with van der Waals surface area (Å²) in [7, 11) is 0. The highest BCUT2D eigenvalue weighted by Gasteiger charge is 2.37. The van der Waals surface area contributed by atoms with E-state index in [1.165, 1.54) is 22.4 Å². The van der Waals surface area contributed by atoms with E-state index >= 15 is 0 Å². The smallest absolute Gasteiger partial charge is 0.134 e. The van der Waals surface area contributed by atoms with Crippen LogP contribution in [0.25, 0.3) is 0 Å². The Morgan fingerprint density at radius 2 is 1.90 bits per heavy atom. The summed E-state index contributed by atoms with van der Waals surface area (Å²) in [6, 6.07) is 20.5. The molecule has 0 unspecified atom stereocenters. The van der Waals surface area contributed by atoms with Crippen molar-refractivity contribution in [3.05, 3.63) is 100 Å². The Morgan fingerprint density at radius 3 is 2.70 bits per heavy atom. The summed E-state index contributed by atoms with van der Waals surface area (Å²) >= 11 is 5.97. The number of aryl methyl sites for hydroxylation is 1. The maximum absolute atomic E-state index is 9.54. The first-order chi connectivity index (χ1) is 14.6. The molecule has 1 aliphatic carbocycles. The van der Waals surface area contributed by atoms with Crippen LogP contribution >= 0.6 is 11.6 Å². The SMILES string of the molecule is Cc1ccc2c(c1)[C@@H]1C=CC[C@H]1[C@@H](c1ccc(N=Cc3ccc(O)c(Cl)c3)cc1)N2. The van der Waals surface area contributed by atoms with Gasteiger partial charge in [-0.3, -0.25) is 4.99 Å². The second kappa shape index (κ2) is 7.66. The van der Waals surface area contributed by atoms with Crippen LogP contribution in [0.15, 0.2) is 77.8 Å². The molecule has 0 radical (unpaired) electrons. The van der Waals surface area contributed by atoms with E-state index in [-0.39, 0.29) is 11.8 Å². The molecule has 0 aromatic heterocycles. The minimum Gasteiger partial charge on any atom is -0.506 e. The topological polar surface area (TPSA) is 44.6 Å². The molecule has 0 amide bonds. The van der Waals surface area contributed by atoms with Crippen molar-refractivity contribution < 1.29 is 5.11 Å². The lowest BCUT2D eigenvalue weighted by Crippen LogP contribution is -2.29. The number of anilines is 1. The molecule has 4 heteroatoms. The zero-order valence-electron chi connectivity index (χ0n) is 16.7. The Morgan fingerprint density at radius 1 is 1.07 bits per heavy atom. The van der Waals surface area contributed by atoms with Gasteiger partial charge in [-0.25, -0.2) is 0 Å². The van der Waals surface area contributed by atoms with Gasteiger partial charge in [-0.1, -0.05) is 53.6 Å². The minimum atomic E-state index is 0.0783. The number of aromatic hydroxyl groups is 1. The fourth-order valence-electron chi connectivity index (χ4n) is 4.56. The summed E-state index contributed by atoms with van der Waals surface area (Å²) < 4.78 is 0. The lowest BCUT2D eigenvalue weighted by atomic mass is 9.76. The van der Waals surface area contributed by atoms with Gasteiger partial charge in [-0.2, -0.15) is 0 Å². The molecular weight excluding hydrogens is 392 g/mol. The van der Waals surface area contributed by atoms with Crippen molar-refractivity contribution in [3.8, 4) is 5.75 Å². The molecule has 30 heavy (non-hydrogen) atoms. The fraction of sp³-hybridized carbons (Fsp3) is 0.192. The summed E-state index contributed by atoms with van der Waals surface area (Å²) in [6.45, 7) is 2.16. The summed E-state index contributed by atoms with van der Waals surface area (Å²) in [5.41, 5.74) is 6.98. The zero-order chi connectivity index (χ0) is 20.7. The summed E-state index contributed by atoms with van der Waals surface area (Å²) in [4.78, 5) is 4.55. The van der Waals surface area contributed by atoms with Crippen LogP contribution in [-0.4, -0.2) is 11.3 Å². The van der Waals surface area contributed by atoms with Gasteiger partial charge >= 0.3 is 0 Å². The van der Waals surface area contributed by atoms with Crippen LogP contribution in [0.5, 0.6) is 5.75 Å². The van der Waals surface area contributed by atoms with Crippen LogP contribution in [-0.2, 0) is 0 Å². The minimum absolute atomic E-state index is 0.0783. The molecule has 3 aromatic carbocycles. The number of hydrogen-bond donors (Lipinski definition) is 2. The largest absolute Gasteiger partial charge is 0.506 e. The predicted octanol–water partition coefficient (Wildman–Crippen LogP) is 6.93. The number of nitrogens with zero attached hydrogens (tertiary/aromatic N) is 1. The van der Waals surface area contributed by atoms with Crippen molar-refractivity contribution in [2.45, 2.75) is 25.3 Å². The summed E-state index contributed by atoms with van der Waals surface area (Å²) in [5.74, 6) is 1.09. The van der Waals surface area contributed by atoms with Gasteiger partial charge in [0.2, 0.25) is 0 Å². The Hall–Kier alpha value is -3.04. The number of fused-ring (bicyclic) bond motifs is 3. The van der Waals surface area contributed by atoms with Gasteiger partial charge in [0.1, 0.15) is 5.75 Å². The van der Waals surface area contributed by atoms with Crippen molar-refractivity contribution in [3.63, 3.8) is 0 Å². The maximum atomic E-state index is 9.54. The first-order valence-electron chi connectivity index (χ1n) is 10.2. The molecule has 1 aliphatic heterocycles. The molecule has 0 bridgehead atoms. The van der Waals surface area contributed by atoms with Crippen LogP contribution in [0.1, 0.15) is 40.6 Å². The quantitative estimate of drug-likeness (QED) is 0.360. The first-order valence-corrected chi connectivity index (χ1v) is 10.6. The first kappa shape index (κ1) is 19.0. The van der Waals surface area contributed by atoms with E-state index < -0.39 is 0 Å². The zero-order valence-corrected chi connectivity index (χ0v) is 17.5. The Bertz CT molecular complexity index is 1150. The molecule has 3 nitrogen and oxygen atoms in total. The maximum Gasteiger partial charge on any atom is 0.134 e. The Labute approximate surface area is 181 Å². The van der Waals surface area contributed by atoms with Gasteiger partial charge < -0.3 is 10.4 Å². The van der Waals surface area contributed by atoms with Crippen molar-refractivity contribution in [2.24, 2.45) is 10.9 Å². The van der Waals surface area contributed by atoms with Crippen molar-refractivity contribution in [1.29, 1.82) is 0 Å². The van der Waals surface area contributed by atoms with E-state index in [0.717, 1.165) is 17.7 Å². The number of phenols is 1. The van der Waals surface area contributed by atoms with E-state index in [4.69, 9.17) is 11.6 Å². The van der Waals surface area contributed by atoms with Gasteiger partial charge in [-0.05, 0) is 72.4 Å². The molecule has 5 rings (SSSR count). The number of halogens is 1. The molecule has 0 fully saturated rings. The number of hydrogen-bond acceptors (Lipinski definition) is 3. The number of allylic oxidation sites excluding steroid dienone is 2. The van der Waals surface area contributed by atoms with Crippen LogP contribution in [0.3, 0.4) is 0 Å². The van der Waals surface area contributed by atoms with Crippen LogP contribution < -0.4 is 5.32 Å². The third-order valence-electron chi connectivity index (χ3n) is 6.10. The molecule has 3 atom stereocenters. The molecule has 150 valence electrons. The lowest BCUT2D eigenvalue weighted by Gasteiger charge is -2.37. The van der Waals surface area contributed by atoms with Crippen LogP contribution in [0.2, 0.25) is 5.02 Å². The van der Waals surface area contributed by atoms with Gasteiger partial charge in [0.05, 0.1) is 16.8 Å². The highest BCUT2D eigenvalue weighted by molar-refractivity contribution is 6.32. The number of phenolic OH excluding ortho intramolecular Hbond substituents is 1. The third kappa shape index (κ3) is 3.50. The fourth-order valence-corrected chi connectivity index (χ4v) is 4.75. The van der Waals surface area contributed by atoms with Crippen LogP contribution in [0.4, 0.5) is 11.4 Å². The molecule has 2 N–H and O–H groups in total.